The van der Waals surface area contributed by atoms with E-state index in [0.29, 0.717) is 43.0 Å². The second kappa shape index (κ2) is 10.8. The zero-order chi connectivity index (χ0) is 25.7. The van der Waals surface area contributed by atoms with E-state index in [9.17, 15) is 23.1 Å². The molecule has 0 bridgehead atoms. The molecule has 1 amide bonds. The fraction of sp³-hybridized carbons (Fsp3) is 0.308. The molecule has 36 heavy (non-hydrogen) atoms. The van der Waals surface area contributed by atoms with E-state index in [2.05, 4.69) is 32.0 Å². The number of aromatic amines is 1. The van der Waals surface area contributed by atoms with Crippen LogP contribution in [0.25, 0.3) is 11.4 Å². The average Bonchev–Trinajstić information content (AvgIpc) is 3.48. The monoisotopic (exact) mass is 498 g/mol. The maximum Gasteiger partial charge on any atom is 0.432 e. The molecule has 188 valence electrons. The maximum absolute atomic E-state index is 13.0. The molecule has 3 aromatic rings. The Labute approximate surface area is 206 Å². The van der Waals surface area contributed by atoms with Gasteiger partial charge in [0.1, 0.15) is 23.9 Å². The van der Waals surface area contributed by atoms with Crippen LogP contribution >= 0.6 is 0 Å². The molecule has 1 aliphatic rings. The molecular formula is C26H25F3N4O3. The number of alkyl halides is 3. The molecule has 1 aliphatic heterocycles. The van der Waals surface area contributed by atoms with Crippen molar-refractivity contribution < 1.29 is 27.8 Å². The predicted octanol–water partition coefficient (Wildman–Crippen LogP) is 3.84. The highest BCUT2D eigenvalue weighted by atomic mass is 19.4. The van der Waals surface area contributed by atoms with E-state index < -0.39 is 17.8 Å². The lowest BCUT2D eigenvalue weighted by Gasteiger charge is -2.17. The van der Waals surface area contributed by atoms with E-state index in [0.717, 1.165) is 18.3 Å². The van der Waals surface area contributed by atoms with Gasteiger partial charge in [0.15, 0.2) is 0 Å². The fourth-order valence-electron chi connectivity index (χ4n) is 3.82. The lowest BCUT2D eigenvalue weighted by atomic mass is 10.1. The summed E-state index contributed by atoms with van der Waals surface area (Å²) in [5.74, 6) is 5.07. The molecule has 10 heteroatoms. The number of halogens is 3. The zero-order valence-electron chi connectivity index (χ0n) is 19.5. The Morgan fingerprint density at radius 2 is 2.14 bits per heavy atom. The summed E-state index contributed by atoms with van der Waals surface area (Å²) < 4.78 is 44.8. The van der Waals surface area contributed by atoms with Crippen molar-refractivity contribution >= 4 is 11.6 Å². The molecule has 1 unspecified atom stereocenters. The number of imidazole rings is 1. The van der Waals surface area contributed by atoms with Crippen molar-refractivity contribution in [3.05, 3.63) is 65.5 Å². The number of aromatic nitrogens is 2. The highest BCUT2D eigenvalue weighted by Crippen LogP contribution is 2.33. The number of β-amino-alcohol motifs (C(OH)–C–C–N with tert-alkyl or cyclic N) is 1. The Kier molecular flexibility index (Phi) is 7.62. The van der Waals surface area contributed by atoms with Crippen LogP contribution in [0.4, 0.5) is 18.9 Å². The van der Waals surface area contributed by atoms with Crippen LogP contribution in [-0.4, -0.2) is 58.2 Å². The summed E-state index contributed by atoms with van der Waals surface area (Å²) in [5, 5.41) is 12.3. The minimum absolute atomic E-state index is 0.00118. The number of aryl methyl sites for hydroxylation is 1. The Morgan fingerprint density at radius 3 is 2.83 bits per heavy atom. The van der Waals surface area contributed by atoms with Crippen LogP contribution in [0.1, 0.15) is 23.2 Å². The molecular weight excluding hydrogens is 473 g/mol. The Bertz CT molecular complexity index is 1290. The van der Waals surface area contributed by atoms with Crippen LogP contribution in [0.5, 0.6) is 5.75 Å². The number of carbonyl (C=O) groups is 1. The summed E-state index contributed by atoms with van der Waals surface area (Å²) in [6, 6.07) is 12.0. The van der Waals surface area contributed by atoms with Gasteiger partial charge in [-0.05, 0) is 49.2 Å². The van der Waals surface area contributed by atoms with Crippen molar-refractivity contribution in [1.82, 2.24) is 14.9 Å². The Morgan fingerprint density at radius 1 is 1.31 bits per heavy atom. The number of anilines is 1. The fourth-order valence-corrected chi connectivity index (χ4v) is 3.82. The van der Waals surface area contributed by atoms with Crippen molar-refractivity contribution in [2.75, 3.05) is 31.6 Å². The first-order valence-corrected chi connectivity index (χ1v) is 11.4. The Balaban J connectivity index is 1.54. The number of aliphatic hydroxyl groups excluding tert-OH is 1. The normalized spacial score (nSPS) is 15.9. The summed E-state index contributed by atoms with van der Waals surface area (Å²) in [7, 11) is 0. The minimum atomic E-state index is -4.56. The highest BCUT2D eigenvalue weighted by molar-refractivity contribution is 6.05. The molecule has 1 aromatic heterocycles. The number of rotatable bonds is 6. The van der Waals surface area contributed by atoms with E-state index in [1.54, 1.807) is 18.2 Å². The topological polar surface area (TPSA) is 90.5 Å². The summed E-state index contributed by atoms with van der Waals surface area (Å²) in [4.78, 5) is 20.7. The van der Waals surface area contributed by atoms with Crippen LogP contribution in [0.2, 0.25) is 0 Å². The number of nitrogens with one attached hydrogen (secondary N) is 2. The van der Waals surface area contributed by atoms with Gasteiger partial charge in [-0.15, -0.1) is 0 Å². The second-order valence-electron chi connectivity index (χ2n) is 8.52. The van der Waals surface area contributed by atoms with Crippen molar-refractivity contribution in [3.8, 4) is 29.0 Å². The van der Waals surface area contributed by atoms with E-state index >= 15 is 0 Å². The molecule has 0 aliphatic carbocycles. The molecule has 4 rings (SSSR count). The number of H-pyrrole nitrogens is 1. The lowest BCUT2D eigenvalue weighted by molar-refractivity contribution is -0.140. The first-order chi connectivity index (χ1) is 17.2. The number of hydrogen-bond acceptors (Lipinski definition) is 5. The Hall–Kier alpha value is -3.81. The van der Waals surface area contributed by atoms with Crippen LogP contribution < -0.4 is 10.1 Å². The zero-order valence-corrected chi connectivity index (χ0v) is 19.5. The van der Waals surface area contributed by atoms with Gasteiger partial charge in [0.05, 0.1) is 18.0 Å². The SMILES string of the molecule is Cc1cccc(C#CC(=O)Nc2cc(-c3ncc(C(F)(F)F)[nH]3)ccc2OCCN2CCC(O)C2)c1. The van der Waals surface area contributed by atoms with Gasteiger partial charge in [-0.3, -0.25) is 9.69 Å². The van der Waals surface area contributed by atoms with Gasteiger partial charge >= 0.3 is 12.1 Å². The molecule has 1 atom stereocenters. The van der Waals surface area contributed by atoms with Gasteiger partial charge in [-0.1, -0.05) is 18.1 Å². The van der Waals surface area contributed by atoms with Crippen molar-refractivity contribution in [3.63, 3.8) is 0 Å². The molecule has 2 aromatic carbocycles. The third-order valence-electron chi connectivity index (χ3n) is 5.63. The number of ether oxygens (including phenoxy) is 1. The van der Waals surface area contributed by atoms with Gasteiger partial charge in [-0.25, -0.2) is 4.98 Å². The third kappa shape index (κ3) is 6.65. The first kappa shape index (κ1) is 25.3. The molecule has 7 nitrogen and oxygen atoms in total. The number of likely N-dealkylation sites (tertiary alicyclic amines) is 1. The van der Waals surface area contributed by atoms with E-state index in [1.807, 2.05) is 25.1 Å². The summed E-state index contributed by atoms with van der Waals surface area (Å²) >= 11 is 0. The van der Waals surface area contributed by atoms with Crippen LogP contribution in [0, 0.1) is 18.8 Å². The van der Waals surface area contributed by atoms with Gasteiger partial charge in [0.2, 0.25) is 0 Å². The van der Waals surface area contributed by atoms with Crippen molar-refractivity contribution in [1.29, 1.82) is 0 Å². The number of aliphatic hydroxyl groups is 1. The van der Waals surface area contributed by atoms with Gasteiger partial charge < -0.3 is 20.1 Å². The van der Waals surface area contributed by atoms with Crippen molar-refractivity contribution in [2.24, 2.45) is 0 Å². The van der Waals surface area contributed by atoms with E-state index in [1.165, 1.54) is 6.07 Å². The smallest absolute Gasteiger partial charge is 0.432 e. The predicted molar refractivity (Wildman–Crippen MR) is 128 cm³/mol. The van der Waals surface area contributed by atoms with Crippen molar-refractivity contribution in [2.45, 2.75) is 25.6 Å². The van der Waals surface area contributed by atoms with Crippen LogP contribution in [0.15, 0.2) is 48.7 Å². The lowest BCUT2D eigenvalue weighted by Crippen LogP contribution is -2.27. The van der Waals surface area contributed by atoms with Gasteiger partial charge in [0, 0.05) is 36.7 Å². The number of hydrogen-bond donors (Lipinski definition) is 3. The average molecular weight is 499 g/mol. The molecule has 3 N–H and O–H groups in total. The number of amides is 1. The molecule has 0 saturated carbocycles. The first-order valence-electron chi connectivity index (χ1n) is 11.4. The maximum atomic E-state index is 13.0. The molecule has 2 heterocycles. The summed E-state index contributed by atoms with van der Waals surface area (Å²) in [6.45, 7) is 4.12. The van der Waals surface area contributed by atoms with E-state index in [4.69, 9.17) is 4.74 Å². The van der Waals surface area contributed by atoms with Crippen LogP contribution in [-0.2, 0) is 11.0 Å². The largest absolute Gasteiger partial charge is 0.490 e. The quantitative estimate of drug-likeness (QED) is 0.450. The molecule has 0 spiro atoms. The number of nitrogens with zero attached hydrogens (tertiary/aromatic N) is 2. The molecule has 1 saturated heterocycles. The number of benzene rings is 2. The molecule has 0 radical (unpaired) electrons. The highest BCUT2D eigenvalue weighted by Gasteiger charge is 2.33. The van der Waals surface area contributed by atoms with Gasteiger partial charge in [0.25, 0.3) is 0 Å². The standard InChI is InChI=1S/C26H25F3N4O3/c1-17-3-2-4-18(13-17)5-8-24(35)31-21-14-19(25-30-15-23(32-25)26(27,28)29)6-7-22(21)36-12-11-33-10-9-20(34)16-33/h2-4,6-7,13-15,20,34H,9-12,16H2,1H3,(H,30,32)(H,31,35). The number of carbonyl (C=O) groups excluding carboxylic acids is 1. The van der Waals surface area contributed by atoms with Gasteiger partial charge in [-0.2, -0.15) is 13.2 Å². The summed E-state index contributed by atoms with van der Waals surface area (Å²) in [6.07, 6.45) is -3.48. The summed E-state index contributed by atoms with van der Waals surface area (Å²) in [5.41, 5.74) is 1.30. The third-order valence-corrected chi connectivity index (χ3v) is 5.63. The minimum Gasteiger partial charge on any atom is -0.490 e. The van der Waals surface area contributed by atoms with E-state index in [-0.39, 0.29) is 17.6 Å². The van der Waals surface area contributed by atoms with Crippen LogP contribution in [0.3, 0.4) is 0 Å². The molecule has 1 fully saturated rings. The second-order valence-corrected chi connectivity index (χ2v) is 8.52.